The average Bonchev–Trinajstić information content (AvgIpc) is 2.67. The summed E-state index contributed by atoms with van der Waals surface area (Å²) in [5.41, 5.74) is 2.30. The third-order valence-electron chi connectivity index (χ3n) is 4.42. The van der Waals surface area contributed by atoms with Crippen molar-refractivity contribution in [1.29, 1.82) is 0 Å². The van der Waals surface area contributed by atoms with Gasteiger partial charge < -0.3 is 10.1 Å². The van der Waals surface area contributed by atoms with E-state index < -0.39 is 15.6 Å². The summed E-state index contributed by atoms with van der Waals surface area (Å²) in [5.74, 6) is 1.35. The van der Waals surface area contributed by atoms with E-state index >= 15 is 0 Å². The number of sulfonamides is 1. The molecule has 1 heterocycles. The first-order valence-electron chi connectivity index (χ1n) is 10.0. The van der Waals surface area contributed by atoms with E-state index in [1.165, 1.54) is 16.9 Å². The zero-order valence-corrected chi connectivity index (χ0v) is 19.3. The van der Waals surface area contributed by atoms with Gasteiger partial charge in [-0.15, -0.1) is 0 Å². The molecule has 0 saturated heterocycles. The van der Waals surface area contributed by atoms with Crippen LogP contribution < -0.4 is 14.4 Å². The molecule has 164 valence electrons. The number of anilines is 3. The predicted molar refractivity (Wildman–Crippen MR) is 125 cm³/mol. The molecule has 1 aromatic heterocycles. The first kappa shape index (κ1) is 22.6. The second-order valence-corrected chi connectivity index (χ2v) is 9.92. The van der Waals surface area contributed by atoms with Crippen LogP contribution in [0, 0.1) is 0 Å². The number of aromatic nitrogens is 2. The Labute approximate surface area is 184 Å². The number of nitrogens with one attached hydrogen (secondary N) is 1. The highest BCUT2D eigenvalue weighted by atomic mass is 32.2. The molecular formula is C23H28N4O3S. The molecule has 8 heteroatoms. The number of ether oxygens (including phenoxy) is 1. The number of para-hydroxylation sites is 1. The van der Waals surface area contributed by atoms with Gasteiger partial charge in [-0.1, -0.05) is 18.2 Å². The molecule has 31 heavy (non-hydrogen) atoms. The van der Waals surface area contributed by atoms with Gasteiger partial charge in [0.05, 0.1) is 24.2 Å². The van der Waals surface area contributed by atoms with Crippen molar-refractivity contribution in [2.24, 2.45) is 0 Å². The second kappa shape index (κ2) is 8.93. The lowest BCUT2D eigenvalue weighted by Crippen LogP contribution is -2.45. The highest BCUT2D eigenvalue weighted by molar-refractivity contribution is 7.92. The summed E-state index contributed by atoms with van der Waals surface area (Å²) in [7, 11) is -3.45. The van der Waals surface area contributed by atoms with Crippen LogP contribution in [0.2, 0.25) is 0 Å². The van der Waals surface area contributed by atoms with Crippen molar-refractivity contribution in [1.82, 2.24) is 9.97 Å². The highest BCUT2D eigenvalue weighted by Gasteiger charge is 2.29. The Kier molecular flexibility index (Phi) is 6.50. The smallest absolute Gasteiger partial charge is 0.232 e. The standard InChI is InChI=1S/C23H28N4O3S/c1-6-30-21-13-8-7-12-19(21)20-15-22(25-16-24-20)26-17-10-9-11-18(14-17)27(23(2,3)4)31(5,28)29/h7-16H,6H2,1-5H3,(H,24,25,26). The lowest BCUT2D eigenvalue weighted by molar-refractivity contribution is 0.341. The Morgan fingerprint density at radius 3 is 2.45 bits per heavy atom. The van der Waals surface area contributed by atoms with E-state index in [0.717, 1.165) is 22.7 Å². The lowest BCUT2D eigenvalue weighted by Gasteiger charge is -2.35. The molecule has 0 radical (unpaired) electrons. The molecule has 0 aliphatic heterocycles. The van der Waals surface area contributed by atoms with Crippen LogP contribution >= 0.6 is 0 Å². The molecule has 3 aromatic rings. The zero-order chi connectivity index (χ0) is 22.6. The monoisotopic (exact) mass is 440 g/mol. The summed E-state index contributed by atoms with van der Waals surface area (Å²) in [6, 6.07) is 16.8. The van der Waals surface area contributed by atoms with Gasteiger partial charge in [0.25, 0.3) is 0 Å². The number of nitrogens with zero attached hydrogens (tertiary/aromatic N) is 3. The minimum Gasteiger partial charge on any atom is -0.493 e. The summed E-state index contributed by atoms with van der Waals surface area (Å²) >= 11 is 0. The van der Waals surface area contributed by atoms with E-state index in [1.54, 1.807) is 12.1 Å². The first-order chi connectivity index (χ1) is 14.6. The van der Waals surface area contributed by atoms with Crippen molar-refractivity contribution in [3.8, 4) is 17.0 Å². The molecule has 7 nitrogen and oxygen atoms in total. The van der Waals surface area contributed by atoms with Crippen LogP contribution in [0.3, 0.4) is 0 Å². The molecule has 3 rings (SSSR count). The van der Waals surface area contributed by atoms with Crippen molar-refractivity contribution in [3.05, 3.63) is 60.9 Å². The Hall–Kier alpha value is -3.13. The van der Waals surface area contributed by atoms with Gasteiger partial charge in [-0.05, 0) is 58.0 Å². The molecule has 0 aliphatic carbocycles. The van der Waals surface area contributed by atoms with E-state index in [9.17, 15) is 8.42 Å². The van der Waals surface area contributed by atoms with Gasteiger partial charge in [-0.2, -0.15) is 0 Å². The second-order valence-electron chi connectivity index (χ2n) is 8.09. The zero-order valence-electron chi connectivity index (χ0n) is 18.5. The minimum absolute atomic E-state index is 0.560. The molecule has 0 amide bonds. The number of benzene rings is 2. The largest absolute Gasteiger partial charge is 0.493 e. The molecule has 0 spiro atoms. The Morgan fingerprint density at radius 2 is 1.77 bits per heavy atom. The van der Waals surface area contributed by atoms with Gasteiger partial charge in [-0.25, -0.2) is 18.4 Å². The van der Waals surface area contributed by atoms with Gasteiger partial charge >= 0.3 is 0 Å². The van der Waals surface area contributed by atoms with Gasteiger partial charge in [-0.3, -0.25) is 4.31 Å². The van der Waals surface area contributed by atoms with E-state index in [0.29, 0.717) is 18.1 Å². The maximum atomic E-state index is 12.4. The van der Waals surface area contributed by atoms with Crippen LogP contribution in [-0.4, -0.2) is 36.8 Å². The molecule has 0 saturated carbocycles. The fourth-order valence-electron chi connectivity index (χ4n) is 3.47. The fraction of sp³-hybridized carbons (Fsp3) is 0.304. The summed E-state index contributed by atoms with van der Waals surface area (Å²) < 4.78 is 31.9. The van der Waals surface area contributed by atoms with E-state index in [2.05, 4.69) is 15.3 Å². The average molecular weight is 441 g/mol. The molecular weight excluding hydrogens is 412 g/mol. The number of hydrogen-bond donors (Lipinski definition) is 1. The van der Waals surface area contributed by atoms with Crippen molar-refractivity contribution in [2.75, 3.05) is 22.5 Å². The first-order valence-corrected chi connectivity index (χ1v) is 11.9. The Morgan fingerprint density at radius 1 is 1.03 bits per heavy atom. The van der Waals surface area contributed by atoms with Gasteiger partial charge in [0.1, 0.15) is 17.9 Å². The third kappa shape index (κ3) is 5.52. The van der Waals surface area contributed by atoms with Gasteiger partial charge in [0.2, 0.25) is 10.0 Å². The van der Waals surface area contributed by atoms with Crippen LogP contribution in [0.4, 0.5) is 17.2 Å². The van der Waals surface area contributed by atoms with Crippen LogP contribution in [0.1, 0.15) is 27.7 Å². The summed E-state index contributed by atoms with van der Waals surface area (Å²) in [4.78, 5) is 8.70. The van der Waals surface area contributed by atoms with Crippen molar-refractivity contribution < 1.29 is 13.2 Å². The molecule has 0 aliphatic rings. The van der Waals surface area contributed by atoms with Crippen LogP contribution in [0.15, 0.2) is 60.9 Å². The van der Waals surface area contributed by atoms with Crippen LogP contribution in [0.5, 0.6) is 5.75 Å². The molecule has 2 aromatic carbocycles. The Bertz CT molecular complexity index is 1160. The maximum absolute atomic E-state index is 12.4. The molecule has 0 atom stereocenters. The van der Waals surface area contributed by atoms with Gasteiger partial charge in [0.15, 0.2) is 0 Å². The molecule has 0 bridgehead atoms. The maximum Gasteiger partial charge on any atom is 0.232 e. The summed E-state index contributed by atoms with van der Waals surface area (Å²) in [6.45, 7) is 8.08. The van der Waals surface area contributed by atoms with Crippen LogP contribution in [-0.2, 0) is 10.0 Å². The molecule has 0 fully saturated rings. The quantitative estimate of drug-likeness (QED) is 0.565. The minimum atomic E-state index is -3.45. The third-order valence-corrected chi connectivity index (χ3v) is 5.85. The van der Waals surface area contributed by atoms with E-state index in [1.807, 2.05) is 70.2 Å². The van der Waals surface area contributed by atoms with Crippen molar-refractivity contribution >= 4 is 27.2 Å². The molecule has 0 unspecified atom stereocenters. The Balaban J connectivity index is 1.93. The van der Waals surface area contributed by atoms with Gasteiger partial charge in [0, 0.05) is 22.9 Å². The normalized spacial score (nSPS) is 11.8. The predicted octanol–water partition coefficient (Wildman–Crippen LogP) is 4.85. The van der Waals surface area contributed by atoms with Crippen LogP contribution in [0.25, 0.3) is 11.3 Å². The summed E-state index contributed by atoms with van der Waals surface area (Å²) in [5, 5.41) is 3.25. The SMILES string of the molecule is CCOc1ccccc1-c1cc(Nc2cccc(N(C(C)(C)C)S(C)(=O)=O)c2)ncn1. The topological polar surface area (TPSA) is 84.4 Å². The van der Waals surface area contributed by atoms with Crippen molar-refractivity contribution in [2.45, 2.75) is 33.2 Å². The number of rotatable bonds is 7. The fourth-order valence-corrected chi connectivity index (χ4v) is 4.96. The lowest BCUT2D eigenvalue weighted by atomic mass is 10.1. The van der Waals surface area contributed by atoms with Crippen molar-refractivity contribution in [3.63, 3.8) is 0 Å². The van der Waals surface area contributed by atoms with E-state index in [-0.39, 0.29) is 0 Å². The summed E-state index contributed by atoms with van der Waals surface area (Å²) in [6.07, 6.45) is 2.70. The highest BCUT2D eigenvalue weighted by Crippen LogP contribution is 2.32. The van der Waals surface area contributed by atoms with E-state index in [4.69, 9.17) is 4.74 Å². The molecule has 1 N–H and O–H groups in total. The number of hydrogen-bond acceptors (Lipinski definition) is 6.